The Kier molecular flexibility index (Phi) is 2.68. The third-order valence-electron chi connectivity index (χ3n) is 2.14. The minimum atomic E-state index is -0.471. The molecule has 0 bridgehead atoms. The monoisotopic (exact) mass is 155 g/mol. The van der Waals surface area contributed by atoms with Gasteiger partial charge in [-0.15, -0.1) is 6.58 Å². The molecular formula is C9H17NO. The molecule has 1 saturated heterocycles. The Morgan fingerprint density at radius 2 is 2.45 bits per heavy atom. The molecule has 1 atom stereocenters. The average Bonchev–Trinajstić information content (AvgIpc) is 1.85. The number of hydrogen-bond donors (Lipinski definition) is 1. The lowest BCUT2D eigenvalue weighted by atomic mass is 9.95. The first-order valence-corrected chi connectivity index (χ1v) is 4.20. The summed E-state index contributed by atoms with van der Waals surface area (Å²) in [4.78, 5) is 2.23. The number of β-amino-alcohol motifs (C(OH)–C–C–N with tert-alkyl or cyclic N) is 1. The van der Waals surface area contributed by atoms with Crippen molar-refractivity contribution in [1.29, 1.82) is 0 Å². The molecule has 0 radical (unpaired) electrons. The van der Waals surface area contributed by atoms with Crippen LogP contribution in [0.4, 0.5) is 0 Å². The van der Waals surface area contributed by atoms with E-state index in [1.807, 2.05) is 13.0 Å². The molecule has 1 fully saturated rings. The molecule has 1 heterocycles. The predicted octanol–water partition coefficient (Wildman–Crippen LogP) is 1.02. The van der Waals surface area contributed by atoms with Gasteiger partial charge < -0.3 is 5.11 Å². The lowest BCUT2D eigenvalue weighted by molar-refractivity contribution is -0.0116. The summed E-state index contributed by atoms with van der Waals surface area (Å²) in [5.74, 6) is 0. The maximum Gasteiger partial charge on any atom is 0.0746 e. The van der Waals surface area contributed by atoms with Crippen LogP contribution in [-0.4, -0.2) is 35.2 Å². The van der Waals surface area contributed by atoms with Crippen LogP contribution in [0.2, 0.25) is 0 Å². The van der Waals surface area contributed by atoms with Crippen molar-refractivity contribution >= 4 is 0 Å². The van der Waals surface area contributed by atoms with Gasteiger partial charge in [-0.3, -0.25) is 4.90 Å². The van der Waals surface area contributed by atoms with Crippen molar-refractivity contribution in [3.63, 3.8) is 0 Å². The zero-order valence-corrected chi connectivity index (χ0v) is 7.21. The van der Waals surface area contributed by atoms with Crippen LogP contribution in [0.3, 0.4) is 0 Å². The van der Waals surface area contributed by atoms with Gasteiger partial charge in [-0.2, -0.15) is 0 Å². The SMILES string of the molecule is C=CCN1CCCC(C)(O)C1. The summed E-state index contributed by atoms with van der Waals surface area (Å²) in [5.41, 5.74) is -0.471. The first-order valence-electron chi connectivity index (χ1n) is 4.20. The van der Waals surface area contributed by atoms with Crippen LogP contribution in [0.25, 0.3) is 0 Å². The molecule has 11 heavy (non-hydrogen) atoms. The summed E-state index contributed by atoms with van der Waals surface area (Å²) in [6.45, 7) is 8.37. The molecule has 0 saturated carbocycles. The topological polar surface area (TPSA) is 23.5 Å². The third kappa shape index (κ3) is 2.64. The van der Waals surface area contributed by atoms with E-state index in [-0.39, 0.29) is 0 Å². The lowest BCUT2D eigenvalue weighted by Crippen LogP contribution is -2.45. The zero-order valence-electron chi connectivity index (χ0n) is 7.21. The number of likely N-dealkylation sites (tertiary alicyclic amines) is 1. The van der Waals surface area contributed by atoms with Crippen molar-refractivity contribution in [3.05, 3.63) is 12.7 Å². The largest absolute Gasteiger partial charge is 0.389 e. The van der Waals surface area contributed by atoms with E-state index in [9.17, 15) is 5.11 Å². The maximum atomic E-state index is 9.70. The van der Waals surface area contributed by atoms with Gasteiger partial charge in [0.1, 0.15) is 0 Å². The van der Waals surface area contributed by atoms with Crippen molar-refractivity contribution in [3.8, 4) is 0 Å². The highest BCUT2D eigenvalue weighted by molar-refractivity contribution is 4.85. The molecular weight excluding hydrogens is 138 g/mol. The molecule has 64 valence electrons. The fourth-order valence-electron chi connectivity index (χ4n) is 1.66. The van der Waals surface area contributed by atoms with Crippen molar-refractivity contribution in [2.45, 2.75) is 25.4 Å². The molecule has 0 aliphatic carbocycles. The average molecular weight is 155 g/mol. The second-order valence-corrected chi connectivity index (χ2v) is 3.62. The van der Waals surface area contributed by atoms with E-state index < -0.39 is 5.60 Å². The Hall–Kier alpha value is -0.340. The van der Waals surface area contributed by atoms with Crippen LogP contribution in [0.5, 0.6) is 0 Å². The Bertz CT molecular complexity index is 142. The van der Waals surface area contributed by atoms with Gasteiger partial charge in [0.05, 0.1) is 5.60 Å². The molecule has 1 aliphatic heterocycles. The summed E-state index contributed by atoms with van der Waals surface area (Å²) in [7, 11) is 0. The lowest BCUT2D eigenvalue weighted by Gasteiger charge is -2.36. The van der Waals surface area contributed by atoms with Crippen LogP contribution in [-0.2, 0) is 0 Å². The molecule has 0 aromatic rings. The van der Waals surface area contributed by atoms with Crippen LogP contribution in [0.15, 0.2) is 12.7 Å². The standard InChI is InChI=1S/C9H17NO/c1-3-6-10-7-4-5-9(2,11)8-10/h3,11H,1,4-8H2,2H3. The van der Waals surface area contributed by atoms with Gasteiger partial charge in [0.25, 0.3) is 0 Å². The van der Waals surface area contributed by atoms with Crippen molar-refractivity contribution in [2.24, 2.45) is 0 Å². The fourth-order valence-corrected chi connectivity index (χ4v) is 1.66. The van der Waals surface area contributed by atoms with E-state index in [1.165, 1.54) is 0 Å². The van der Waals surface area contributed by atoms with E-state index in [0.717, 1.165) is 32.5 Å². The molecule has 0 aromatic heterocycles. The molecule has 2 heteroatoms. The number of aliphatic hydroxyl groups is 1. The van der Waals surface area contributed by atoms with E-state index >= 15 is 0 Å². The highest BCUT2D eigenvalue weighted by Gasteiger charge is 2.27. The molecule has 1 unspecified atom stereocenters. The summed E-state index contributed by atoms with van der Waals surface area (Å²) in [6, 6.07) is 0. The first-order chi connectivity index (χ1) is 5.14. The van der Waals surface area contributed by atoms with E-state index in [4.69, 9.17) is 0 Å². The molecule has 1 rings (SSSR count). The van der Waals surface area contributed by atoms with Crippen molar-refractivity contribution < 1.29 is 5.11 Å². The Morgan fingerprint density at radius 3 is 3.00 bits per heavy atom. The van der Waals surface area contributed by atoms with E-state index in [2.05, 4.69) is 11.5 Å². The Balaban J connectivity index is 2.39. The van der Waals surface area contributed by atoms with Gasteiger partial charge in [0, 0.05) is 13.1 Å². The van der Waals surface area contributed by atoms with Gasteiger partial charge in [-0.05, 0) is 26.3 Å². The smallest absolute Gasteiger partial charge is 0.0746 e. The molecule has 2 nitrogen and oxygen atoms in total. The van der Waals surface area contributed by atoms with Gasteiger partial charge >= 0.3 is 0 Å². The normalized spacial score (nSPS) is 33.6. The highest BCUT2D eigenvalue weighted by Crippen LogP contribution is 2.19. The Morgan fingerprint density at radius 1 is 1.73 bits per heavy atom. The van der Waals surface area contributed by atoms with Crippen LogP contribution in [0.1, 0.15) is 19.8 Å². The van der Waals surface area contributed by atoms with Crippen LogP contribution < -0.4 is 0 Å². The third-order valence-corrected chi connectivity index (χ3v) is 2.14. The molecule has 0 spiro atoms. The van der Waals surface area contributed by atoms with Crippen LogP contribution >= 0.6 is 0 Å². The second-order valence-electron chi connectivity index (χ2n) is 3.62. The fraction of sp³-hybridized carbons (Fsp3) is 0.778. The number of nitrogens with zero attached hydrogens (tertiary/aromatic N) is 1. The summed E-state index contributed by atoms with van der Waals surface area (Å²) >= 11 is 0. The Labute approximate surface area is 68.5 Å². The van der Waals surface area contributed by atoms with Gasteiger partial charge in [0.2, 0.25) is 0 Å². The van der Waals surface area contributed by atoms with E-state index in [0.29, 0.717) is 0 Å². The van der Waals surface area contributed by atoms with Crippen LogP contribution in [0, 0.1) is 0 Å². The molecule has 0 amide bonds. The molecule has 0 aromatic carbocycles. The first kappa shape index (κ1) is 8.75. The van der Waals surface area contributed by atoms with Gasteiger partial charge in [-0.1, -0.05) is 6.08 Å². The number of hydrogen-bond acceptors (Lipinski definition) is 2. The summed E-state index contributed by atoms with van der Waals surface area (Å²) in [5, 5.41) is 9.70. The zero-order chi connectivity index (χ0) is 8.32. The van der Waals surface area contributed by atoms with Gasteiger partial charge in [-0.25, -0.2) is 0 Å². The number of rotatable bonds is 2. The molecule has 1 N–H and O–H groups in total. The summed E-state index contributed by atoms with van der Waals surface area (Å²) < 4.78 is 0. The minimum absolute atomic E-state index is 0.471. The molecule has 1 aliphatic rings. The predicted molar refractivity (Wildman–Crippen MR) is 46.5 cm³/mol. The van der Waals surface area contributed by atoms with Crippen molar-refractivity contribution in [2.75, 3.05) is 19.6 Å². The summed E-state index contributed by atoms with van der Waals surface area (Å²) in [6.07, 6.45) is 3.92. The minimum Gasteiger partial charge on any atom is -0.389 e. The highest BCUT2D eigenvalue weighted by atomic mass is 16.3. The van der Waals surface area contributed by atoms with Gasteiger partial charge in [0.15, 0.2) is 0 Å². The second kappa shape index (κ2) is 3.37. The quantitative estimate of drug-likeness (QED) is 0.602. The number of piperidine rings is 1. The van der Waals surface area contributed by atoms with E-state index in [1.54, 1.807) is 0 Å². The van der Waals surface area contributed by atoms with Crippen molar-refractivity contribution in [1.82, 2.24) is 4.90 Å². The maximum absolute atomic E-state index is 9.70.